The fourth-order valence-electron chi connectivity index (χ4n) is 3.87. The monoisotopic (exact) mass is 326 g/mol. The number of benzene rings is 1. The SMILES string of the molecule is O=C1[C@H]2C[C@H](CCN2Cc2ccsc2)CN1Cc1ccccc1. The molecule has 0 saturated carbocycles. The maximum Gasteiger partial charge on any atom is 0.240 e. The number of amides is 1. The maximum absolute atomic E-state index is 13.0. The highest BCUT2D eigenvalue weighted by molar-refractivity contribution is 7.07. The van der Waals surface area contributed by atoms with E-state index in [0.29, 0.717) is 11.8 Å². The summed E-state index contributed by atoms with van der Waals surface area (Å²) in [7, 11) is 0. The molecule has 2 aliphatic heterocycles. The van der Waals surface area contributed by atoms with Gasteiger partial charge in [-0.2, -0.15) is 11.3 Å². The summed E-state index contributed by atoms with van der Waals surface area (Å²) in [5.74, 6) is 0.986. The van der Waals surface area contributed by atoms with Crippen molar-refractivity contribution in [3.8, 4) is 0 Å². The first kappa shape index (κ1) is 14.9. The van der Waals surface area contributed by atoms with Crippen molar-refractivity contribution in [2.45, 2.75) is 32.0 Å². The standard InChI is InChI=1S/C19H22N2OS/c22-19-18-10-16(6-8-20(18)13-17-7-9-23-14-17)12-21(19)11-15-4-2-1-3-5-15/h1-5,7,9,14,16,18H,6,8,10-13H2/t16-,18+/m0/s1. The molecule has 3 heterocycles. The molecule has 0 radical (unpaired) electrons. The Kier molecular flexibility index (Phi) is 4.19. The number of likely N-dealkylation sites (tertiary alicyclic amines) is 2. The molecule has 2 fully saturated rings. The van der Waals surface area contributed by atoms with Crippen LogP contribution in [0, 0.1) is 5.92 Å². The zero-order valence-corrected chi connectivity index (χ0v) is 14.0. The zero-order chi connectivity index (χ0) is 15.6. The Morgan fingerprint density at radius 2 is 1.96 bits per heavy atom. The van der Waals surface area contributed by atoms with Gasteiger partial charge in [-0.15, -0.1) is 0 Å². The first-order chi connectivity index (χ1) is 11.3. The van der Waals surface area contributed by atoms with Gasteiger partial charge in [-0.1, -0.05) is 30.3 Å². The molecular weight excluding hydrogens is 304 g/mol. The van der Waals surface area contributed by atoms with Crippen LogP contribution in [0.3, 0.4) is 0 Å². The molecule has 4 heteroatoms. The van der Waals surface area contributed by atoms with Gasteiger partial charge in [0, 0.05) is 19.6 Å². The van der Waals surface area contributed by atoms with E-state index in [-0.39, 0.29) is 6.04 Å². The summed E-state index contributed by atoms with van der Waals surface area (Å²) in [6.45, 7) is 3.64. The number of piperidine rings is 2. The van der Waals surface area contributed by atoms with E-state index in [2.05, 4.69) is 38.8 Å². The van der Waals surface area contributed by atoms with Crippen molar-refractivity contribution in [2.75, 3.05) is 13.1 Å². The van der Waals surface area contributed by atoms with Gasteiger partial charge in [0.15, 0.2) is 0 Å². The summed E-state index contributed by atoms with van der Waals surface area (Å²) in [6, 6.07) is 12.6. The number of fused-ring (bicyclic) bond motifs is 2. The predicted octanol–water partition coefficient (Wildman–Crippen LogP) is 3.37. The highest BCUT2D eigenvalue weighted by atomic mass is 32.1. The molecule has 2 atom stereocenters. The van der Waals surface area contributed by atoms with Crippen molar-refractivity contribution in [3.05, 3.63) is 58.3 Å². The third kappa shape index (κ3) is 3.19. The maximum atomic E-state index is 13.0. The predicted molar refractivity (Wildman–Crippen MR) is 93.1 cm³/mol. The molecule has 2 bridgehead atoms. The zero-order valence-electron chi connectivity index (χ0n) is 13.2. The largest absolute Gasteiger partial charge is 0.337 e. The minimum atomic E-state index is 0.0751. The minimum absolute atomic E-state index is 0.0751. The molecule has 120 valence electrons. The fourth-order valence-corrected chi connectivity index (χ4v) is 4.53. The molecule has 1 aromatic carbocycles. The molecule has 0 N–H and O–H groups in total. The molecule has 3 nitrogen and oxygen atoms in total. The van der Waals surface area contributed by atoms with E-state index < -0.39 is 0 Å². The third-order valence-corrected chi connectivity index (χ3v) is 5.81. The first-order valence-corrected chi connectivity index (χ1v) is 9.32. The summed E-state index contributed by atoms with van der Waals surface area (Å²) in [4.78, 5) is 17.4. The molecule has 2 saturated heterocycles. The summed E-state index contributed by atoms with van der Waals surface area (Å²) < 4.78 is 0. The van der Waals surface area contributed by atoms with Gasteiger partial charge in [0.05, 0.1) is 6.04 Å². The van der Waals surface area contributed by atoms with Crippen molar-refractivity contribution in [2.24, 2.45) is 5.92 Å². The molecule has 0 spiro atoms. The molecule has 1 amide bonds. The smallest absolute Gasteiger partial charge is 0.240 e. The van der Waals surface area contributed by atoms with E-state index in [4.69, 9.17) is 0 Å². The van der Waals surface area contributed by atoms with Gasteiger partial charge < -0.3 is 4.90 Å². The fraction of sp³-hybridized carbons (Fsp3) is 0.421. The van der Waals surface area contributed by atoms with E-state index >= 15 is 0 Å². The highest BCUT2D eigenvalue weighted by Crippen LogP contribution is 2.32. The van der Waals surface area contributed by atoms with Crippen LogP contribution in [-0.4, -0.2) is 34.8 Å². The third-order valence-electron chi connectivity index (χ3n) is 5.08. The number of carbonyl (C=O) groups excluding carboxylic acids is 1. The van der Waals surface area contributed by atoms with Crippen LogP contribution in [0.1, 0.15) is 24.0 Å². The van der Waals surface area contributed by atoms with Crippen LogP contribution in [0.15, 0.2) is 47.2 Å². The van der Waals surface area contributed by atoms with Gasteiger partial charge in [-0.3, -0.25) is 9.69 Å². The Bertz CT molecular complexity index is 655. The average Bonchev–Trinajstić information content (AvgIpc) is 3.08. The van der Waals surface area contributed by atoms with Crippen molar-refractivity contribution >= 4 is 17.2 Å². The van der Waals surface area contributed by atoms with Gasteiger partial charge in [-0.25, -0.2) is 0 Å². The number of thiophene rings is 1. The Labute approximate surface area is 141 Å². The molecular formula is C19H22N2OS. The van der Waals surface area contributed by atoms with Crippen LogP contribution >= 0.6 is 11.3 Å². The van der Waals surface area contributed by atoms with Gasteiger partial charge >= 0.3 is 0 Å². The van der Waals surface area contributed by atoms with Gasteiger partial charge in [0.1, 0.15) is 0 Å². The molecule has 23 heavy (non-hydrogen) atoms. The highest BCUT2D eigenvalue weighted by Gasteiger charge is 2.40. The topological polar surface area (TPSA) is 23.6 Å². The summed E-state index contributed by atoms with van der Waals surface area (Å²) >= 11 is 1.73. The Morgan fingerprint density at radius 3 is 2.74 bits per heavy atom. The second kappa shape index (κ2) is 6.46. The normalized spacial score (nSPS) is 24.9. The summed E-state index contributed by atoms with van der Waals surface area (Å²) in [5, 5.41) is 4.31. The van der Waals surface area contributed by atoms with E-state index in [1.54, 1.807) is 11.3 Å². The van der Waals surface area contributed by atoms with Crippen molar-refractivity contribution in [1.29, 1.82) is 0 Å². The minimum Gasteiger partial charge on any atom is -0.337 e. The Balaban J connectivity index is 1.49. The van der Waals surface area contributed by atoms with Gasteiger partial charge in [0.25, 0.3) is 0 Å². The van der Waals surface area contributed by atoms with Crippen LogP contribution in [0.25, 0.3) is 0 Å². The lowest BCUT2D eigenvalue weighted by atomic mass is 9.85. The lowest BCUT2D eigenvalue weighted by Crippen LogP contribution is -2.58. The lowest BCUT2D eigenvalue weighted by Gasteiger charge is -2.46. The van der Waals surface area contributed by atoms with E-state index in [0.717, 1.165) is 32.6 Å². The molecule has 2 aliphatic rings. The van der Waals surface area contributed by atoms with Crippen molar-refractivity contribution in [1.82, 2.24) is 9.80 Å². The molecule has 0 aliphatic carbocycles. The van der Waals surface area contributed by atoms with Gasteiger partial charge in [-0.05, 0) is 53.3 Å². The molecule has 1 aromatic heterocycles. The van der Waals surface area contributed by atoms with Crippen LogP contribution in [0.2, 0.25) is 0 Å². The quantitative estimate of drug-likeness (QED) is 0.860. The number of rotatable bonds is 4. The van der Waals surface area contributed by atoms with E-state index in [1.165, 1.54) is 17.5 Å². The molecule has 4 rings (SSSR count). The molecule has 2 aromatic rings. The van der Waals surface area contributed by atoms with Crippen LogP contribution in [0.5, 0.6) is 0 Å². The average molecular weight is 326 g/mol. The van der Waals surface area contributed by atoms with Crippen LogP contribution < -0.4 is 0 Å². The second-order valence-corrected chi connectivity index (χ2v) is 7.49. The Morgan fingerprint density at radius 1 is 1.09 bits per heavy atom. The number of hydrogen-bond acceptors (Lipinski definition) is 3. The Hall–Kier alpha value is -1.65. The van der Waals surface area contributed by atoms with Crippen molar-refractivity contribution in [3.63, 3.8) is 0 Å². The first-order valence-electron chi connectivity index (χ1n) is 8.37. The second-order valence-electron chi connectivity index (χ2n) is 6.71. The number of nitrogens with zero attached hydrogens (tertiary/aromatic N) is 2. The molecule has 0 unspecified atom stereocenters. The van der Waals surface area contributed by atoms with Gasteiger partial charge in [0.2, 0.25) is 5.91 Å². The van der Waals surface area contributed by atoms with Crippen LogP contribution in [-0.2, 0) is 17.9 Å². The number of carbonyl (C=O) groups is 1. The van der Waals surface area contributed by atoms with Crippen molar-refractivity contribution < 1.29 is 4.79 Å². The lowest BCUT2D eigenvalue weighted by molar-refractivity contribution is -0.146. The summed E-state index contributed by atoms with van der Waals surface area (Å²) in [5.41, 5.74) is 2.56. The summed E-state index contributed by atoms with van der Waals surface area (Å²) in [6.07, 6.45) is 2.24. The van der Waals surface area contributed by atoms with Crippen LogP contribution in [0.4, 0.5) is 0 Å². The van der Waals surface area contributed by atoms with E-state index in [1.807, 2.05) is 18.2 Å². The van der Waals surface area contributed by atoms with E-state index in [9.17, 15) is 4.79 Å². The number of hydrogen-bond donors (Lipinski definition) is 0.